The van der Waals surface area contributed by atoms with Crippen molar-refractivity contribution in [3.05, 3.63) is 73.3 Å². The number of ketones is 1. The highest BCUT2D eigenvalue weighted by Gasteiger charge is 2.24. The summed E-state index contributed by atoms with van der Waals surface area (Å²) in [6, 6.07) is 9.28. The van der Waals surface area contributed by atoms with Crippen molar-refractivity contribution < 1.29 is 14.6 Å². The second-order valence-electron chi connectivity index (χ2n) is 5.66. The molecule has 0 saturated carbocycles. The number of nitrogens with zero attached hydrogens (tertiary/aromatic N) is 4. The lowest BCUT2D eigenvalue weighted by Gasteiger charge is -2.07. The van der Waals surface area contributed by atoms with Crippen molar-refractivity contribution in [3.8, 4) is 0 Å². The zero-order valence-corrected chi connectivity index (χ0v) is 16.1. The highest BCUT2D eigenvalue weighted by atomic mass is 35.5. The fourth-order valence-electron chi connectivity index (χ4n) is 2.41. The Morgan fingerprint density at radius 3 is 2.45 bits per heavy atom. The number of nitrogens with one attached hydrogen (secondary N) is 1. The molecule has 2 aromatic carbocycles. The minimum atomic E-state index is -0.770. The third kappa shape index (κ3) is 4.76. The lowest BCUT2D eigenvalue weighted by Crippen LogP contribution is -2.23. The summed E-state index contributed by atoms with van der Waals surface area (Å²) in [7, 11) is 0. The van der Waals surface area contributed by atoms with E-state index in [0.29, 0.717) is 27.9 Å². The van der Waals surface area contributed by atoms with Gasteiger partial charge in [0.2, 0.25) is 5.78 Å². The molecule has 29 heavy (non-hydrogen) atoms. The predicted molar refractivity (Wildman–Crippen MR) is 111 cm³/mol. The molecule has 3 rings (SSSR count). The van der Waals surface area contributed by atoms with Gasteiger partial charge in [0.05, 0.1) is 15.9 Å². The van der Waals surface area contributed by atoms with Crippen molar-refractivity contribution in [3.63, 3.8) is 0 Å². The third-order valence-electron chi connectivity index (χ3n) is 3.79. The molecule has 12 heteroatoms. The standard InChI is InChI=1S/C17H12ClN5O5S/c18-11-3-1-10(2-4-11)16(24)15(17-19-7-8-29-17)21-20-13-6-5-12(22(25)26)9-14(13)23(27)28/h1-6,9,20H,7-8H2/b21-15-. The van der Waals surface area contributed by atoms with Crippen LogP contribution in [-0.2, 0) is 0 Å². The number of nitro groups is 2. The van der Waals surface area contributed by atoms with Crippen LogP contribution in [0.25, 0.3) is 0 Å². The molecule has 0 aliphatic carbocycles. The number of carbonyl (C=O) groups is 1. The van der Waals surface area contributed by atoms with E-state index < -0.39 is 27.0 Å². The first-order valence-electron chi connectivity index (χ1n) is 8.11. The van der Waals surface area contributed by atoms with Crippen LogP contribution in [0.5, 0.6) is 0 Å². The molecule has 1 N–H and O–H groups in total. The molecule has 0 atom stereocenters. The van der Waals surface area contributed by atoms with Crippen LogP contribution in [0.4, 0.5) is 17.1 Å². The Hall–Kier alpha value is -3.31. The number of thioether (sulfide) groups is 1. The average molecular weight is 434 g/mol. The van der Waals surface area contributed by atoms with Gasteiger partial charge in [0.1, 0.15) is 10.7 Å². The average Bonchev–Trinajstić information content (AvgIpc) is 3.22. The van der Waals surface area contributed by atoms with Gasteiger partial charge < -0.3 is 0 Å². The monoisotopic (exact) mass is 433 g/mol. The normalized spacial score (nSPS) is 13.7. The van der Waals surface area contributed by atoms with Crippen molar-refractivity contribution in [2.24, 2.45) is 10.1 Å². The first-order chi connectivity index (χ1) is 13.9. The quantitative estimate of drug-likeness (QED) is 0.301. The molecule has 0 bridgehead atoms. The van der Waals surface area contributed by atoms with Crippen LogP contribution in [-0.4, -0.2) is 38.7 Å². The Labute approximate surface area is 173 Å². The first kappa shape index (κ1) is 20.4. The molecule has 0 unspecified atom stereocenters. The van der Waals surface area contributed by atoms with Gasteiger partial charge in [-0.25, -0.2) is 0 Å². The molecule has 0 aromatic heterocycles. The van der Waals surface area contributed by atoms with Crippen LogP contribution in [0.1, 0.15) is 10.4 Å². The smallest absolute Gasteiger partial charge is 0.287 e. The lowest BCUT2D eigenvalue weighted by atomic mass is 10.1. The number of benzene rings is 2. The van der Waals surface area contributed by atoms with Crippen LogP contribution < -0.4 is 5.43 Å². The largest absolute Gasteiger partial charge is 0.301 e. The minimum Gasteiger partial charge on any atom is -0.287 e. The zero-order chi connectivity index (χ0) is 21.0. The van der Waals surface area contributed by atoms with Gasteiger partial charge >= 0.3 is 5.69 Å². The number of hydrazone groups is 1. The second-order valence-corrected chi connectivity index (χ2v) is 7.18. The summed E-state index contributed by atoms with van der Waals surface area (Å²) in [5.74, 6) is 0.242. The van der Waals surface area contributed by atoms with E-state index in [1.807, 2.05) is 0 Å². The summed E-state index contributed by atoms with van der Waals surface area (Å²) in [6.45, 7) is 0.518. The molecular formula is C17H12ClN5O5S. The minimum absolute atomic E-state index is 0.0116. The molecule has 0 saturated heterocycles. The van der Waals surface area contributed by atoms with E-state index in [9.17, 15) is 25.0 Å². The Bertz CT molecular complexity index is 1050. The Morgan fingerprint density at radius 1 is 1.14 bits per heavy atom. The van der Waals surface area contributed by atoms with E-state index >= 15 is 0 Å². The number of aliphatic imine (C=N–C) groups is 1. The number of carbonyl (C=O) groups excluding carboxylic acids is 1. The fraction of sp³-hybridized carbons (Fsp3) is 0.118. The van der Waals surface area contributed by atoms with Crippen molar-refractivity contribution in [2.75, 3.05) is 17.7 Å². The van der Waals surface area contributed by atoms with Crippen molar-refractivity contribution >= 4 is 57.0 Å². The van der Waals surface area contributed by atoms with E-state index in [0.717, 1.165) is 18.2 Å². The Kier molecular flexibility index (Phi) is 6.20. The maximum absolute atomic E-state index is 12.9. The maximum Gasteiger partial charge on any atom is 0.301 e. The molecule has 1 aliphatic heterocycles. The van der Waals surface area contributed by atoms with Crippen molar-refractivity contribution in [2.45, 2.75) is 0 Å². The topological polar surface area (TPSA) is 140 Å². The summed E-state index contributed by atoms with van der Waals surface area (Å²) in [5, 5.41) is 27.1. The number of nitro benzene ring substituents is 2. The molecule has 0 amide bonds. The summed E-state index contributed by atoms with van der Waals surface area (Å²) >= 11 is 7.19. The van der Waals surface area contributed by atoms with Gasteiger partial charge in [-0.2, -0.15) is 5.10 Å². The zero-order valence-electron chi connectivity index (χ0n) is 14.6. The van der Waals surface area contributed by atoms with Crippen LogP contribution in [0.15, 0.2) is 52.6 Å². The summed E-state index contributed by atoms with van der Waals surface area (Å²) in [5.41, 5.74) is 1.73. The van der Waals surface area contributed by atoms with Crippen molar-refractivity contribution in [1.82, 2.24) is 0 Å². The lowest BCUT2D eigenvalue weighted by molar-refractivity contribution is -0.393. The van der Waals surface area contributed by atoms with E-state index in [4.69, 9.17) is 11.6 Å². The molecule has 1 heterocycles. The number of non-ortho nitro benzene ring substituents is 1. The van der Waals surface area contributed by atoms with Crippen LogP contribution in [0.2, 0.25) is 5.02 Å². The molecule has 0 spiro atoms. The van der Waals surface area contributed by atoms with Gasteiger partial charge in [0.15, 0.2) is 5.71 Å². The molecule has 1 aliphatic rings. The Morgan fingerprint density at radius 2 is 1.86 bits per heavy atom. The highest BCUT2D eigenvalue weighted by molar-refractivity contribution is 8.16. The second kappa shape index (κ2) is 8.80. The number of halogens is 1. The summed E-state index contributed by atoms with van der Waals surface area (Å²) in [6.07, 6.45) is 0. The van der Waals surface area contributed by atoms with Gasteiger partial charge in [-0.3, -0.25) is 35.4 Å². The SMILES string of the molecule is O=C(/C(=N/Nc1ccc([N+](=O)[O-])cc1[N+](=O)[O-])C1=NCCS1)c1ccc(Cl)cc1. The number of Topliss-reactive ketones (excluding diaryl/α,β-unsaturated/α-hetero) is 1. The molecular weight excluding hydrogens is 422 g/mol. The molecule has 0 radical (unpaired) electrons. The fourth-order valence-corrected chi connectivity index (χ4v) is 3.37. The van der Waals surface area contributed by atoms with Gasteiger partial charge in [-0.05, 0) is 30.3 Å². The highest BCUT2D eigenvalue weighted by Crippen LogP contribution is 2.29. The van der Waals surface area contributed by atoms with Gasteiger partial charge in [-0.1, -0.05) is 11.6 Å². The Balaban J connectivity index is 1.97. The number of rotatable bonds is 7. The predicted octanol–water partition coefficient (Wildman–Crippen LogP) is 3.95. The van der Waals surface area contributed by atoms with E-state index in [1.54, 1.807) is 12.1 Å². The maximum atomic E-state index is 12.9. The van der Waals surface area contributed by atoms with Crippen molar-refractivity contribution in [1.29, 1.82) is 0 Å². The van der Waals surface area contributed by atoms with E-state index in [-0.39, 0.29) is 11.4 Å². The summed E-state index contributed by atoms with van der Waals surface area (Å²) in [4.78, 5) is 37.8. The number of hydrogen-bond acceptors (Lipinski definition) is 9. The molecule has 148 valence electrons. The van der Waals surface area contributed by atoms with E-state index in [2.05, 4.69) is 15.5 Å². The first-order valence-corrected chi connectivity index (χ1v) is 9.47. The van der Waals surface area contributed by atoms with Crippen LogP contribution >= 0.6 is 23.4 Å². The van der Waals surface area contributed by atoms with Crippen LogP contribution in [0.3, 0.4) is 0 Å². The molecule has 10 nitrogen and oxygen atoms in total. The van der Waals surface area contributed by atoms with E-state index in [1.165, 1.54) is 23.9 Å². The van der Waals surface area contributed by atoms with Gasteiger partial charge in [0.25, 0.3) is 5.69 Å². The number of anilines is 1. The molecule has 2 aromatic rings. The third-order valence-corrected chi connectivity index (χ3v) is 5.02. The summed E-state index contributed by atoms with van der Waals surface area (Å²) < 4.78 is 0. The van der Waals surface area contributed by atoms with Gasteiger partial charge in [0, 0.05) is 29.0 Å². The molecule has 0 fully saturated rings. The van der Waals surface area contributed by atoms with Crippen LogP contribution in [0, 0.1) is 20.2 Å². The number of hydrogen-bond donors (Lipinski definition) is 1. The van der Waals surface area contributed by atoms with Gasteiger partial charge in [-0.15, -0.1) is 11.8 Å².